The maximum atomic E-state index is 11.4. The van der Waals surface area contributed by atoms with Crippen LogP contribution in [-0.2, 0) is 9.53 Å². The molecule has 72 valence electrons. The van der Waals surface area contributed by atoms with Crippen molar-refractivity contribution in [2.45, 2.75) is 25.9 Å². The Bertz CT molecular complexity index is 229. The van der Waals surface area contributed by atoms with Gasteiger partial charge in [-0.15, -0.1) is 0 Å². The van der Waals surface area contributed by atoms with Crippen molar-refractivity contribution in [2.75, 3.05) is 13.1 Å². The summed E-state index contributed by atoms with van der Waals surface area (Å²) in [6.07, 6.45) is 5.59. The third-order valence-electron chi connectivity index (χ3n) is 2.60. The van der Waals surface area contributed by atoms with Gasteiger partial charge in [-0.1, -0.05) is 6.92 Å². The number of likely N-dealkylation sites (tertiary alicyclic amines) is 1. The van der Waals surface area contributed by atoms with Gasteiger partial charge < -0.3 is 9.64 Å². The Balaban J connectivity index is 1.84. The Morgan fingerprint density at radius 3 is 3.08 bits per heavy atom. The van der Waals surface area contributed by atoms with Crippen LogP contribution in [0.15, 0.2) is 12.3 Å². The SMILES string of the molecule is CC1CC(=O)N(CC2CC=CO2)C1. The molecule has 1 saturated heterocycles. The third kappa shape index (κ3) is 1.85. The number of rotatable bonds is 2. The Morgan fingerprint density at radius 2 is 2.54 bits per heavy atom. The number of carbonyl (C=O) groups is 1. The monoisotopic (exact) mass is 181 g/mol. The summed E-state index contributed by atoms with van der Waals surface area (Å²) in [4.78, 5) is 13.3. The van der Waals surface area contributed by atoms with Gasteiger partial charge in [-0.2, -0.15) is 0 Å². The van der Waals surface area contributed by atoms with Crippen LogP contribution in [0.5, 0.6) is 0 Å². The Labute approximate surface area is 78.4 Å². The number of ether oxygens (including phenoxy) is 1. The number of nitrogens with zero attached hydrogens (tertiary/aromatic N) is 1. The first-order chi connectivity index (χ1) is 6.25. The molecule has 2 aliphatic rings. The molecule has 1 fully saturated rings. The molecule has 13 heavy (non-hydrogen) atoms. The zero-order valence-corrected chi connectivity index (χ0v) is 7.90. The number of amides is 1. The van der Waals surface area contributed by atoms with Gasteiger partial charge in [-0.25, -0.2) is 0 Å². The molecule has 2 atom stereocenters. The van der Waals surface area contributed by atoms with Crippen LogP contribution in [0.2, 0.25) is 0 Å². The third-order valence-corrected chi connectivity index (χ3v) is 2.60. The highest BCUT2D eigenvalue weighted by Gasteiger charge is 2.28. The van der Waals surface area contributed by atoms with Crippen LogP contribution in [0.4, 0.5) is 0 Å². The summed E-state index contributed by atoms with van der Waals surface area (Å²) in [6.45, 7) is 3.78. The summed E-state index contributed by atoms with van der Waals surface area (Å²) in [7, 11) is 0. The summed E-state index contributed by atoms with van der Waals surface area (Å²) < 4.78 is 5.32. The molecule has 3 heteroatoms. The maximum Gasteiger partial charge on any atom is 0.223 e. The first-order valence-corrected chi connectivity index (χ1v) is 4.84. The first kappa shape index (κ1) is 8.60. The number of hydrogen-bond donors (Lipinski definition) is 0. The van der Waals surface area contributed by atoms with Gasteiger partial charge in [0.25, 0.3) is 0 Å². The van der Waals surface area contributed by atoms with Gasteiger partial charge in [0.2, 0.25) is 5.91 Å². The number of carbonyl (C=O) groups excluding carboxylic acids is 1. The smallest absolute Gasteiger partial charge is 0.223 e. The van der Waals surface area contributed by atoms with Gasteiger partial charge in [0.15, 0.2) is 0 Å². The van der Waals surface area contributed by atoms with Crippen LogP contribution in [0.1, 0.15) is 19.8 Å². The average Bonchev–Trinajstić information content (AvgIpc) is 2.63. The minimum atomic E-state index is 0.203. The molecule has 2 rings (SSSR count). The zero-order chi connectivity index (χ0) is 9.26. The lowest BCUT2D eigenvalue weighted by atomic mass is 10.2. The Kier molecular flexibility index (Phi) is 2.25. The molecule has 0 radical (unpaired) electrons. The van der Waals surface area contributed by atoms with Crippen molar-refractivity contribution >= 4 is 5.91 Å². The molecule has 1 amide bonds. The molecular weight excluding hydrogens is 166 g/mol. The predicted molar refractivity (Wildman–Crippen MR) is 49.0 cm³/mol. The van der Waals surface area contributed by atoms with Gasteiger partial charge in [0.1, 0.15) is 6.10 Å². The van der Waals surface area contributed by atoms with E-state index >= 15 is 0 Å². The summed E-state index contributed by atoms with van der Waals surface area (Å²) in [6, 6.07) is 0. The minimum absolute atomic E-state index is 0.203. The lowest BCUT2D eigenvalue weighted by Crippen LogP contribution is -2.33. The van der Waals surface area contributed by atoms with Gasteiger partial charge in [-0.3, -0.25) is 4.79 Å². The van der Waals surface area contributed by atoms with E-state index in [0.717, 1.165) is 19.5 Å². The molecule has 0 N–H and O–H groups in total. The van der Waals surface area contributed by atoms with Gasteiger partial charge in [0.05, 0.1) is 12.8 Å². The van der Waals surface area contributed by atoms with E-state index in [2.05, 4.69) is 6.92 Å². The van der Waals surface area contributed by atoms with Crippen LogP contribution in [0.3, 0.4) is 0 Å². The molecule has 0 aromatic heterocycles. The predicted octanol–water partition coefficient (Wildman–Crippen LogP) is 1.16. The lowest BCUT2D eigenvalue weighted by molar-refractivity contribution is -0.128. The van der Waals surface area contributed by atoms with Crippen molar-refractivity contribution in [1.29, 1.82) is 0 Å². The Hall–Kier alpha value is -0.990. The molecule has 0 saturated carbocycles. The van der Waals surface area contributed by atoms with Crippen LogP contribution >= 0.6 is 0 Å². The molecule has 2 unspecified atom stereocenters. The van der Waals surface area contributed by atoms with Crippen molar-refractivity contribution in [2.24, 2.45) is 5.92 Å². The Morgan fingerprint density at radius 1 is 1.69 bits per heavy atom. The minimum Gasteiger partial charge on any atom is -0.496 e. The van der Waals surface area contributed by atoms with Crippen molar-refractivity contribution in [3.05, 3.63) is 12.3 Å². The van der Waals surface area contributed by atoms with Gasteiger partial charge in [0, 0.05) is 19.4 Å². The maximum absolute atomic E-state index is 11.4. The first-order valence-electron chi connectivity index (χ1n) is 4.84. The molecule has 0 aromatic rings. The standard InChI is InChI=1S/C10H15NO2/c1-8-5-10(12)11(6-8)7-9-3-2-4-13-9/h2,4,8-9H,3,5-7H2,1H3. The molecule has 0 aliphatic carbocycles. The van der Waals surface area contributed by atoms with Crippen LogP contribution in [-0.4, -0.2) is 30.0 Å². The van der Waals surface area contributed by atoms with E-state index in [9.17, 15) is 4.79 Å². The topological polar surface area (TPSA) is 29.5 Å². The average molecular weight is 181 g/mol. The number of hydrogen-bond acceptors (Lipinski definition) is 2. The van der Waals surface area contributed by atoms with E-state index in [1.807, 2.05) is 11.0 Å². The van der Waals surface area contributed by atoms with Crippen molar-refractivity contribution in [3.63, 3.8) is 0 Å². The normalized spacial score (nSPS) is 32.7. The summed E-state index contributed by atoms with van der Waals surface area (Å²) in [5.41, 5.74) is 0. The van der Waals surface area contributed by atoms with Crippen molar-refractivity contribution in [1.82, 2.24) is 4.90 Å². The highest BCUT2D eigenvalue weighted by Crippen LogP contribution is 2.19. The van der Waals surface area contributed by atoms with E-state index in [0.29, 0.717) is 12.3 Å². The van der Waals surface area contributed by atoms with E-state index in [4.69, 9.17) is 4.74 Å². The highest BCUT2D eigenvalue weighted by molar-refractivity contribution is 5.78. The molecule has 0 bridgehead atoms. The second kappa shape index (κ2) is 3.40. The van der Waals surface area contributed by atoms with Crippen LogP contribution in [0, 0.1) is 5.92 Å². The molecule has 2 aliphatic heterocycles. The fourth-order valence-electron chi connectivity index (χ4n) is 1.94. The molecule has 0 spiro atoms. The molecule has 2 heterocycles. The van der Waals surface area contributed by atoms with Gasteiger partial charge in [-0.05, 0) is 12.0 Å². The summed E-state index contributed by atoms with van der Waals surface area (Å²) >= 11 is 0. The van der Waals surface area contributed by atoms with E-state index in [-0.39, 0.29) is 12.0 Å². The quantitative estimate of drug-likeness (QED) is 0.639. The molecule has 0 aromatic carbocycles. The second-order valence-electron chi connectivity index (χ2n) is 3.97. The highest BCUT2D eigenvalue weighted by atomic mass is 16.5. The summed E-state index contributed by atoms with van der Waals surface area (Å²) in [5, 5.41) is 0. The van der Waals surface area contributed by atoms with E-state index < -0.39 is 0 Å². The fraction of sp³-hybridized carbons (Fsp3) is 0.700. The van der Waals surface area contributed by atoms with Crippen LogP contribution < -0.4 is 0 Å². The van der Waals surface area contributed by atoms with Crippen molar-refractivity contribution in [3.8, 4) is 0 Å². The second-order valence-corrected chi connectivity index (χ2v) is 3.97. The largest absolute Gasteiger partial charge is 0.496 e. The molecule has 3 nitrogen and oxygen atoms in total. The van der Waals surface area contributed by atoms with Gasteiger partial charge >= 0.3 is 0 Å². The zero-order valence-electron chi connectivity index (χ0n) is 7.90. The van der Waals surface area contributed by atoms with E-state index in [1.54, 1.807) is 6.26 Å². The fourth-order valence-corrected chi connectivity index (χ4v) is 1.94. The molecular formula is C10H15NO2. The summed E-state index contributed by atoms with van der Waals surface area (Å²) in [5.74, 6) is 0.796. The van der Waals surface area contributed by atoms with Crippen molar-refractivity contribution < 1.29 is 9.53 Å². The van der Waals surface area contributed by atoms with Crippen LogP contribution in [0.25, 0.3) is 0 Å². The lowest BCUT2D eigenvalue weighted by Gasteiger charge is -2.20. The van der Waals surface area contributed by atoms with E-state index in [1.165, 1.54) is 0 Å².